The monoisotopic (exact) mass is 464 g/mol. The van der Waals surface area contributed by atoms with Crippen LogP contribution in [0.2, 0.25) is 0 Å². The van der Waals surface area contributed by atoms with Crippen LogP contribution in [0, 0.1) is 6.92 Å². The van der Waals surface area contributed by atoms with Gasteiger partial charge in [0.05, 0.1) is 16.3 Å². The molecule has 0 bridgehead atoms. The zero-order valence-electron chi connectivity index (χ0n) is 18.9. The third-order valence-electron chi connectivity index (χ3n) is 5.48. The number of thiazole rings is 2. The number of hydrogen-bond acceptors (Lipinski definition) is 4. The van der Waals surface area contributed by atoms with Gasteiger partial charge in [0, 0.05) is 21.6 Å². The Kier molecular flexibility index (Phi) is 6.03. The van der Waals surface area contributed by atoms with Gasteiger partial charge in [-0.05, 0) is 26.3 Å². The zero-order valence-corrected chi connectivity index (χ0v) is 20.5. The average Bonchev–Trinajstić information content (AvgIpc) is 3.44. The van der Waals surface area contributed by atoms with Gasteiger partial charge in [0.25, 0.3) is 0 Å². The van der Waals surface area contributed by atoms with Crippen molar-refractivity contribution in [3.8, 4) is 31.7 Å². The van der Waals surface area contributed by atoms with Crippen LogP contribution in [0.3, 0.4) is 0 Å². The summed E-state index contributed by atoms with van der Waals surface area (Å²) in [6.07, 6.45) is 0. The molecule has 2 heterocycles. The number of aryl methyl sites for hydroxylation is 1. The van der Waals surface area contributed by atoms with Gasteiger partial charge in [0.2, 0.25) is 0 Å². The fourth-order valence-electron chi connectivity index (χ4n) is 3.93. The summed E-state index contributed by atoms with van der Waals surface area (Å²) in [4.78, 5) is 12.7. The molecule has 0 aliphatic rings. The first-order chi connectivity index (χ1) is 16.1. The molecule has 0 radical (unpaired) electrons. The van der Waals surface area contributed by atoms with Crippen LogP contribution in [0.15, 0.2) is 96.6 Å². The maximum atomic E-state index is 5.20. The van der Waals surface area contributed by atoms with Crippen molar-refractivity contribution in [3.05, 3.63) is 113 Å². The number of benzene rings is 3. The first-order valence-corrected chi connectivity index (χ1v) is 12.6. The summed E-state index contributed by atoms with van der Waals surface area (Å²) < 4.78 is 0. The molecule has 0 spiro atoms. The van der Waals surface area contributed by atoms with Gasteiger partial charge in [-0.15, -0.1) is 22.7 Å². The van der Waals surface area contributed by atoms with E-state index in [0.717, 1.165) is 37.4 Å². The SMILES string of the molecule is CC(C)=C(c1ccccc1)c1nc(-c2ccccc2)sc1-c1nc(-c2ccccc2)sc1C. The van der Waals surface area contributed by atoms with Crippen molar-refractivity contribution in [2.24, 2.45) is 0 Å². The van der Waals surface area contributed by atoms with E-state index in [1.54, 1.807) is 22.7 Å². The maximum Gasteiger partial charge on any atom is 0.124 e. The van der Waals surface area contributed by atoms with Crippen LogP contribution in [0.5, 0.6) is 0 Å². The molecule has 0 fully saturated rings. The summed E-state index contributed by atoms with van der Waals surface area (Å²) in [7, 11) is 0. The first kappa shape index (κ1) is 21.5. The minimum absolute atomic E-state index is 1.01. The second-order valence-corrected chi connectivity index (χ2v) is 10.3. The summed E-state index contributed by atoms with van der Waals surface area (Å²) >= 11 is 3.47. The third kappa shape index (κ3) is 4.32. The van der Waals surface area contributed by atoms with Gasteiger partial charge < -0.3 is 0 Å². The minimum atomic E-state index is 1.01. The van der Waals surface area contributed by atoms with Crippen LogP contribution in [0.25, 0.3) is 37.3 Å². The molecule has 0 N–H and O–H groups in total. The largest absolute Gasteiger partial charge is 0.235 e. The Morgan fingerprint density at radius 1 is 0.636 bits per heavy atom. The maximum absolute atomic E-state index is 5.20. The van der Waals surface area contributed by atoms with E-state index in [4.69, 9.17) is 9.97 Å². The fourth-order valence-corrected chi connectivity index (χ4v) is 6.05. The Morgan fingerprint density at radius 2 is 1.15 bits per heavy atom. The molecular weight excluding hydrogens is 440 g/mol. The molecule has 3 aromatic carbocycles. The predicted molar refractivity (Wildman–Crippen MR) is 143 cm³/mol. The van der Waals surface area contributed by atoms with Crippen LogP contribution < -0.4 is 0 Å². The summed E-state index contributed by atoms with van der Waals surface area (Å²) in [5, 5.41) is 2.06. The highest BCUT2D eigenvalue weighted by Crippen LogP contribution is 2.44. The van der Waals surface area contributed by atoms with Gasteiger partial charge >= 0.3 is 0 Å². The highest BCUT2D eigenvalue weighted by atomic mass is 32.1. The Hall–Kier alpha value is -3.34. The Balaban J connectivity index is 1.73. The number of aromatic nitrogens is 2. The van der Waals surface area contributed by atoms with E-state index in [2.05, 4.69) is 99.6 Å². The predicted octanol–water partition coefficient (Wildman–Crippen LogP) is 8.75. The second kappa shape index (κ2) is 9.26. The molecule has 33 heavy (non-hydrogen) atoms. The third-order valence-corrected chi connectivity index (χ3v) is 7.61. The molecule has 5 aromatic rings. The van der Waals surface area contributed by atoms with Gasteiger partial charge in [0.15, 0.2) is 0 Å². The Morgan fingerprint density at radius 3 is 1.70 bits per heavy atom. The Labute approximate surface area is 203 Å². The lowest BCUT2D eigenvalue weighted by molar-refractivity contribution is 1.29. The zero-order chi connectivity index (χ0) is 22.8. The minimum Gasteiger partial charge on any atom is -0.235 e. The van der Waals surface area contributed by atoms with Crippen molar-refractivity contribution in [3.63, 3.8) is 0 Å². The molecular formula is C29H24N2S2. The molecule has 0 saturated carbocycles. The van der Waals surface area contributed by atoms with E-state index in [1.807, 2.05) is 12.1 Å². The number of rotatable bonds is 5. The molecule has 4 heteroatoms. The van der Waals surface area contributed by atoms with Gasteiger partial charge in [-0.1, -0.05) is 96.6 Å². The molecule has 0 atom stereocenters. The van der Waals surface area contributed by atoms with Crippen molar-refractivity contribution in [2.45, 2.75) is 20.8 Å². The van der Waals surface area contributed by atoms with E-state index in [-0.39, 0.29) is 0 Å². The molecule has 2 nitrogen and oxygen atoms in total. The number of nitrogens with zero attached hydrogens (tertiary/aromatic N) is 2. The second-order valence-electron chi connectivity index (χ2n) is 8.09. The van der Waals surface area contributed by atoms with Crippen molar-refractivity contribution in [2.75, 3.05) is 0 Å². The lowest BCUT2D eigenvalue weighted by atomic mass is 9.97. The van der Waals surface area contributed by atoms with Crippen LogP contribution in [-0.4, -0.2) is 9.97 Å². The summed E-state index contributed by atoms with van der Waals surface area (Å²) in [5.41, 5.74) is 7.92. The highest BCUT2D eigenvalue weighted by Gasteiger charge is 2.23. The molecule has 0 saturated heterocycles. The van der Waals surface area contributed by atoms with E-state index >= 15 is 0 Å². The smallest absolute Gasteiger partial charge is 0.124 e. The lowest BCUT2D eigenvalue weighted by Gasteiger charge is -2.10. The fraction of sp³-hybridized carbons (Fsp3) is 0.103. The van der Waals surface area contributed by atoms with Gasteiger partial charge in [-0.2, -0.15) is 0 Å². The van der Waals surface area contributed by atoms with Gasteiger partial charge in [0.1, 0.15) is 10.0 Å². The topological polar surface area (TPSA) is 25.8 Å². The van der Waals surface area contributed by atoms with E-state index in [0.29, 0.717) is 0 Å². The normalized spacial score (nSPS) is 10.9. The Bertz CT molecular complexity index is 1410. The molecule has 0 aliphatic carbocycles. The van der Waals surface area contributed by atoms with E-state index in [1.165, 1.54) is 21.6 Å². The summed E-state index contributed by atoms with van der Waals surface area (Å²) in [6.45, 7) is 6.49. The molecule has 0 unspecified atom stereocenters. The standard InChI is InChI=1S/C29H24N2S2/c1-19(2)24(21-13-7-4-8-14-21)26-27(33-29(31-26)23-17-11-6-12-18-23)25-20(3)32-28(30-25)22-15-9-5-10-16-22/h4-18H,1-3H3. The van der Waals surface area contributed by atoms with Crippen molar-refractivity contribution >= 4 is 28.2 Å². The quantitative estimate of drug-likeness (QED) is 0.260. The molecule has 162 valence electrons. The van der Waals surface area contributed by atoms with E-state index < -0.39 is 0 Å². The van der Waals surface area contributed by atoms with Crippen molar-refractivity contribution in [1.82, 2.24) is 9.97 Å². The van der Waals surface area contributed by atoms with Crippen LogP contribution in [0.4, 0.5) is 0 Å². The number of hydrogen-bond donors (Lipinski definition) is 0. The first-order valence-electron chi connectivity index (χ1n) is 10.9. The van der Waals surface area contributed by atoms with Crippen molar-refractivity contribution < 1.29 is 0 Å². The van der Waals surface area contributed by atoms with Gasteiger partial charge in [-0.3, -0.25) is 0 Å². The van der Waals surface area contributed by atoms with Crippen LogP contribution in [0.1, 0.15) is 30.0 Å². The molecule has 0 aliphatic heterocycles. The van der Waals surface area contributed by atoms with E-state index in [9.17, 15) is 0 Å². The number of allylic oxidation sites excluding steroid dienone is 1. The highest BCUT2D eigenvalue weighted by molar-refractivity contribution is 7.19. The molecule has 5 rings (SSSR count). The van der Waals surface area contributed by atoms with Crippen LogP contribution >= 0.6 is 22.7 Å². The summed E-state index contributed by atoms with van der Waals surface area (Å²) in [6, 6.07) is 31.4. The summed E-state index contributed by atoms with van der Waals surface area (Å²) in [5.74, 6) is 0. The van der Waals surface area contributed by atoms with Crippen LogP contribution in [-0.2, 0) is 0 Å². The lowest BCUT2D eigenvalue weighted by Crippen LogP contribution is -1.94. The molecule has 2 aromatic heterocycles. The van der Waals surface area contributed by atoms with Gasteiger partial charge in [-0.25, -0.2) is 9.97 Å². The average molecular weight is 465 g/mol. The molecule has 0 amide bonds. The van der Waals surface area contributed by atoms with Crippen molar-refractivity contribution in [1.29, 1.82) is 0 Å².